The topological polar surface area (TPSA) is 140 Å². The Bertz CT molecular complexity index is 1620. The fourth-order valence-corrected chi connectivity index (χ4v) is 4.45. The highest BCUT2D eigenvalue weighted by Gasteiger charge is 2.18. The van der Waals surface area contributed by atoms with Gasteiger partial charge in [0.25, 0.3) is 17.5 Å². The van der Waals surface area contributed by atoms with Crippen LogP contribution < -0.4 is 20.7 Å². The number of nitro groups is 1. The number of thioether (sulfide) groups is 1. The maximum atomic E-state index is 13.3. The Hall–Kier alpha value is -5.42. The zero-order chi connectivity index (χ0) is 29.9. The Morgan fingerprint density at radius 2 is 1.57 bits per heavy atom. The number of hydrogen-bond acceptors (Lipinski definition) is 7. The maximum absolute atomic E-state index is 13.3. The number of rotatable bonds is 11. The zero-order valence-corrected chi connectivity index (χ0v) is 23.2. The lowest BCUT2D eigenvalue weighted by Gasteiger charge is -2.12. The van der Waals surface area contributed by atoms with Crippen LogP contribution in [0.3, 0.4) is 0 Å². The van der Waals surface area contributed by atoms with Crippen LogP contribution in [0.2, 0.25) is 0 Å². The Labute approximate surface area is 245 Å². The number of methoxy groups -OCH3 is 1. The van der Waals surface area contributed by atoms with Crippen LogP contribution in [0.1, 0.15) is 15.9 Å². The lowest BCUT2D eigenvalue weighted by Crippen LogP contribution is -2.30. The molecule has 42 heavy (non-hydrogen) atoms. The molecule has 0 radical (unpaired) electrons. The third-order valence-corrected chi connectivity index (χ3v) is 6.81. The van der Waals surface area contributed by atoms with E-state index < -0.39 is 16.7 Å². The maximum Gasteiger partial charge on any atom is 0.276 e. The average molecular weight is 583 g/mol. The molecule has 0 unspecified atom stereocenters. The van der Waals surface area contributed by atoms with E-state index in [0.717, 1.165) is 4.90 Å². The second kappa shape index (κ2) is 14.3. The van der Waals surface area contributed by atoms with E-state index in [-0.39, 0.29) is 28.6 Å². The van der Waals surface area contributed by atoms with E-state index in [1.807, 2.05) is 0 Å². The van der Waals surface area contributed by atoms with Gasteiger partial charge in [-0.2, -0.15) is 0 Å². The van der Waals surface area contributed by atoms with Gasteiger partial charge < -0.3 is 20.7 Å². The van der Waals surface area contributed by atoms with E-state index in [2.05, 4.69) is 16.0 Å². The van der Waals surface area contributed by atoms with Crippen molar-refractivity contribution in [2.24, 2.45) is 0 Å². The van der Waals surface area contributed by atoms with E-state index in [1.165, 1.54) is 36.0 Å². The van der Waals surface area contributed by atoms with E-state index >= 15 is 0 Å². The molecule has 3 amide bonds. The summed E-state index contributed by atoms with van der Waals surface area (Å²) >= 11 is 1.32. The Morgan fingerprint density at radius 3 is 2.29 bits per heavy atom. The number of carbonyl (C=O) groups is 3. The number of amides is 3. The molecule has 0 heterocycles. The van der Waals surface area contributed by atoms with E-state index in [4.69, 9.17) is 4.74 Å². The molecule has 0 aliphatic carbocycles. The van der Waals surface area contributed by atoms with Crippen molar-refractivity contribution in [3.05, 3.63) is 130 Å². The second-order valence-corrected chi connectivity index (χ2v) is 9.79. The van der Waals surface area contributed by atoms with Gasteiger partial charge in [-0.25, -0.2) is 0 Å². The first-order valence-electron chi connectivity index (χ1n) is 12.6. The molecule has 4 rings (SSSR count). The molecule has 0 aliphatic rings. The predicted molar refractivity (Wildman–Crippen MR) is 162 cm³/mol. The summed E-state index contributed by atoms with van der Waals surface area (Å²) < 4.78 is 5.16. The van der Waals surface area contributed by atoms with Crippen molar-refractivity contribution in [1.29, 1.82) is 0 Å². The predicted octanol–water partition coefficient (Wildman–Crippen LogP) is 5.74. The molecule has 0 aliphatic heterocycles. The monoisotopic (exact) mass is 582 g/mol. The van der Waals surface area contributed by atoms with Crippen LogP contribution in [0, 0.1) is 10.1 Å². The van der Waals surface area contributed by atoms with Crippen molar-refractivity contribution in [1.82, 2.24) is 5.32 Å². The van der Waals surface area contributed by atoms with E-state index in [0.29, 0.717) is 22.7 Å². The first-order chi connectivity index (χ1) is 20.3. The van der Waals surface area contributed by atoms with Gasteiger partial charge in [0, 0.05) is 34.0 Å². The molecule has 11 heteroatoms. The molecule has 0 spiro atoms. The molecule has 10 nitrogen and oxygen atoms in total. The third-order valence-electron chi connectivity index (χ3n) is 5.80. The summed E-state index contributed by atoms with van der Waals surface area (Å²) in [6.45, 7) is 0. The minimum Gasteiger partial charge on any atom is -0.497 e. The lowest BCUT2D eigenvalue weighted by molar-refractivity contribution is -0.385. The zero-order valence-electron chi connectivity index (χ0n) is 22.4. The molecule has 0 saturated heterocycles. The number of nitrogens with one attached hydrogen (secondary N) is 3. The normalized spacial score (nSPS) is 10.8. The quantitative estimate of drug-likeness (QED) is 0.0886. The van der Waals surface area contributed by atoms with Crippen LogP contribution in [-0.4, -0.2) is 35.5 Å². The van der Waals surface area contributed by atoms with Crippen molar-refractivity contribution in [2.45, 2.75) is 4.90 Å². The number of benzene rings is 4. The number of para-hydroxylation sites is 1. The van der Waals surface area contributed by atoms with E-state index in [1.54, 1.807) is 92.0 Å². The molecule has 212 valence electrons. The van der Waals surface area contributed by atoms with Gasteiger partial charge in [0.1, 0.15) is 11.4 Å². The van der Waals surface area contributed by atoms with Gasteiger partial charge in [-0.1, -0.05) is 36.4 Å². The van der Waals surface area contributed by atoms with Gasteiger partial charge in [0.15, 0.2) is 0 Å². The highest BCUT2D eigenvalue weighted by Crippen LogP contribution is 2.23. The number of anilines is 2. The molecule has 0 saturated carbocycles. The van der Waals surface area contributed by atoms with Crippen molar-refractivity contribution < 1.29 is 24.0 Å². The van der Waals surface area contributed by atoms with E-state index in [9.17, 15) is 24.5 Å². The summed E-state index contributed by atoms with van der Waals surface area (Å²) in [4.78, 5) is 50.2. The molecule has 4 aromatic carbocycles. The Balaban J connectivity index is 1.44. The first kappa shape index (κ1) is 29.6. The van der Waals surface area contributed by atoms with Gasteiger partial charge in [-0.3, -0.25) is 24.5 Å². The van der Waals surface area contributed by atoms with Crippen molar-refractivity contribution in [2.75, 3.05) is 23.5 Å². The minimum absolute atomic E-state index is 0.153. The minimum atomic E-state index is -0.671. The molecule has 4 aromatic rings. The van der Waals surface area contributed by atoms with Gasteiger partial charge in [0.2, 0.25) is 5.91 Å². The smallest absolute Gasteiger partial charge is 0.276 e. The SMILES string of the molecule is COc1cccc(NC(=O)CSc2ccc(NC(=O)/C(=C/c3ccccc3[N+](=O)[O-])NC(=O)c3ccccc3)cc2)c1. The van der Waals surface area contributed by atoms with Crippen LogP contribution in [0.4, 0.5) is 17.1 Å². The summed E-state index contributed by atoms with van der Waals surface area (Å²) in [6.07, 6.45) is 1.26. The fourth-order valence-electron chi connectivity index (χ4n) is 3.75. The van der Waals surface area contributed by atoms with Gasteiger partial charge in [0.05, 0.1) is 23.3 Å². The molecular formula is C31H26N4O6S. The summed E-state index contributed by atoms with van der Waals surface area (Å²) in [5.41, 5.74) is 1.13. The molecule has 0 bridgehead atoms. The third kappa shape index (κ3) is 8.29. The van der Waals surface area contributed by atoms with Gasteiger partial charge >= 0.3 is 0 Å². The number of carbonyl (C=O) groups excluding carboxylic acids is 3. The molecule has 0 aromatic heterocycles. The van der Waals surface area contributed by atoms with Gasteiger partial charge in [-0.15, -0.1) is 11.8 Å². The van der Waals surface area contributed by atoms with Gasteiger partial charge in [-0.05, 0) is 60.7 Å². The van der Waals surface area contributed by atoms with Crippen LogP contribution in [0.15, 0.2) is 114 Å². The highest BCUT2D eigenvalue weighted by atomic mass is 32.2. The van der Waals surface area contributed by atoms with Crippen molar-refractivity contribution in [3.8, 4) is 5.75 Å². The van der Waals surface area contributed by atoms with Crippen LogP contribution in [0.25, 0.3) is 6.08 Å². The largest absolute Gasteiger partial charge is 0.497 e. The molecule has 0 fully saturated rings. The molecular weight excluding hydrogens is 556 g/mol. The fraction of sp³-hybridized carbons (Fsp3) is 0.0645. The Kier molecular flexibility index (Phi) is 10.1. The summed E-state index contributed by atoms with van der Waals surface area (Å²) in [6, 6.07) is 28.1. The summed E-state index contributed by atoms with van der Waals surface area (Å²) in [5.74, 6) is -0.607. The molecule has 3 N–H and O–H groups in total. The van der Waals surface area contributed by atoms with Crippen LogP contribution in [-0.2, 0) is 9.59 Å². The lowest BCUT2D eigenvalue weighted by atomic mass is 10.1. The highest BCUT2D eigenvalue weighted by molar-refractivity contribution is 8.00. The summed E-state index contributed by atoms with van der Waals surface area (Å²) in [7, 11) is 1.55. The molecule has 0 atom stereocenters. The number of hydrogen-bond donors (Lipinski definition) is 3. The van der Waals surface area contributed by atoms with Crippen LogP contribution >= 0.6 is 11.8 Å². The summed E-state index contributed by atoms with van der Waals surface area (Å²) in [5, 5.41) is 19.6. The standard InChI is InChI=1S/C31H26N4O6S/c1-41-25-12-7-11-24(19-25)32-29(36)20-42-26-16-14-23(15-17-26)33-31(38)27(34-30(37)21-8-3-2-4-9-21)18-22-10-5-6-13-28(22)35(39)40/h2-19H,20H2,1H3,(H,32,36)(H,33,38)(H,34,37)/b27-18-. The second-order valence-electron chi connectivity index (χ2n) is 8.74. The number of nitro benzene ring substituents is 1. The number of ether oxygens (including phenoxy) is 1. The number of nitrogens with zero attached hydrogens (tertiary/aromatic N) is 1. The first-order valence-corrected chi connectivity index (χ1v) is 13.6. The van der Waals surface area contributed by atoms with Crippen molar-refractivity contribution in [3.63, 3.8) is 0 Å². The van der Waals surface area contributed by atoms with Crippen LogP contribution in [0.5, 0.6) is 5.75 Å². The van der Waals surface area contributed by atoms with Crippen molar-refractivity contribution >= 4 is 52.6 Å². The Morgan fingerprint density at radius 1 is 0.857 bits per heavy atom. The average Bonchev–Trinajstić information content (AvgIpc) is 3.01.